The van der Waals surface area contributed by atoms with Gasteiger partial charge in [-0.15, -0.1) is 11.3 Å². The minimum atomic E-state index is -0.831. The van der Waals surface area contributed by atoms with Gasteiger partial charge in [-0.3, -0.25) is 0 Å². The van der Waals surface area contributed by atoms with E-state index in [4.69, 9.17) is 0 Å². The third kappa shape index (κ3) is 2.72. The van der Waals surface area contributed by atoms with Gasteiger partial charge in [0.2, 0.25) is 0 Å². The molecular formula is C15H19N3O2S. The second-order valence-corrected chi connectivity index (χ2v) is 7.01. The van der Waals surface area contributed by atoms with E-state index >= 15 is 0 Å². The van der Waals surface area contributed by atoms with E-state index in [2.05, 4.69) is 15.3 Å². The van der Waals surface area contributed by atoms with Crippen molar-refractivity contribution in [3.05, 3.63) is 16.8 Å². The normalized spacial score (nSPS) is 15.4. The third-order valence-corrected chi connectivity index (χ3v) is 5.02. The molecule has 6 heteroatoms. The molecule has 1 atom stereocenters. The summed E-state index contributed by atoms with van der Waals surface area (Å²) in [6.07, 6.45) is 5.40. The van der Waals surface area contributed by atoms with Gasteiger partial charge in [-0.2, -0.15) is 0 Å². The molecule has 0 spiro atoms. The van der Waals surface area contributed by atoms with E-state index in [1.165, 1.54) is 23.2 Å². The summed E-state index contributed by atoms with van der Waals surface area (Å²) in [6.45, 7) is 4.05. The zero-order valence-electron chi connectivity index (χ0n) is 12.2. The lowest BCUT2D eigenvalue weighted by Gasteiger charge is -2.17. The number of carbonyl (C=O) groups is 1. The van der Waals surface area contributed by atoms with Crippen LogP contribution in [0.1, 0.15) is 37.1 Å². The van der Waals surface area contributed by atoms with E-state index < -0.39 is 12.0 Å². The quantitative estimate of drug-likeness (QED) is 0.888. The Bertz CT molecular complexity index is 681. The van der Waals surface area contributed by atoms with Crippen LogP contribution in [0, 0.1) is 5.92 Å². The maximum absolute atomic E-state index is 11.4. The first-order chi connectivity index (χ1) is 10.1. The molecule has 0 aromatic carbocycles. The summed E-state index contributed by atoms with van der Waals surface area (Å²) in [5.74, 6) is 0.152. The van der Waals surface area contributed by atoms with Crippen molar-refractivity contribution in [3.63, 3.8) is 0 Å². The standard InChI is InChI=1S/C15H19N3O2S/c1-8(2)6-10(15(19)20)18-13-12-9-4-3-5-11(9)21-14(12)17-7-16-13/h7-8,10H,3-6H2,1-2H3,(H,19,20)(H,16,17,18)/t10-/m1/s1. The van der Waals surface area contributed by atoms with Gasteiger partial charge in [0.05, 0.1) is 5.39 Å². The summed E-state index contributed by atoms with van der Waals surface area (Å²) in [6, 6.07) is -0.611. The topological polar surface area (TPSA) is 75.1 Å². The number of nitrogens with one attached hydrogen (secondary N) is 1. The lowest BCUT2D eigenvalue weighted by atomic mass is 10.0. The fraction of sp³-hybridized carbons (Fsp3) is 0.533. The molecule has 21 heavy (non-hydrogen) atoms. The Labute approximate surface area is 127 Å². The highest BCUT2D eigenvalue weighted by atomic mass is 32.1. The molecule has 5 nitrogen and oxygen atoms in total. The monoisotopic (exact) mass is 305 g/mol. The lowest BCUT2D eigenvalue weighted by molar-refractivity contribution is -0.138. The molecule has 1 aliphatic carbocycles. The predicted molar refractivity (Wildman–Crippen MR) is 83.9 cm³/mol. The largest absolute Gasteiger partial charge is 0.480 e. The molecule has 2 heterocycles. The summed E-state index contributed by atoms with van der Waals surface area (Å²) < 4.78 is 0. The second-order valence-electron chi connectivity index (χ2n) is 5.92. The highest BCUT2D eigenvalue weighted by Crippen LogP contribution is 2.39. The number of hydrogen-bond donors (Lipinski definition) is 2. The number of fused-ring (bicyclic) bond motifs is 3. The zero-order valence-corrected chi connectivity index (χ0v) is 13.0. The van der Waals surface area contributed by atoms with Crippen LogP contribution in [-0.4, -0.2) is 27.1 Å². The van der Waals surface area contributed by atoms with Crippen molar-refractivity contribution in [3.8, 4) is 0 Å². The summed E-state index contributed by atoms with van der Waals surface area (Å²) in [7, 11) is 0. The van der Waals surface area contributed by atoms with Crippen LogP contribution in [0.15, 0.2) is 6.33 Å². The fourth-order valence-electron chi connectivity index (χ4n) is 2.90. The molecule has 112 valence electrons. The molecule has 2 aromatic heterocycles. The minimum Gasteiger partial charge on any atom is -0.480 e. The molecule has 1 aliphatic rings. The van der Waals surface area contributed by atoms with Gasteiger partial charge < -0.3 is 10.4 Å². The van der Waals surface area contributed by atoms with Gasteiger partial charge >= 0.3 is 5.97 Å². The van der Waals surface area contributed by atoms with Crippen molar-refractivity contribution < 1.29 is 9.90 Å². The summed E-state index contributed by atoms with van der Waals surface area (Å²) in [5, 5.41) is 13.6. The number of nitrogens with zero attached hydrogens (tertiary/aromatic N) is 2. The summed E-state index contributed by atoms with van der Waals surface area (Å²) in [4.78, 5) is 22.4. The van der Waals surface area contributed by atoms with Crippen LogP contribution >= 0.6 is 11.3 Å². The highest BCUT2D eigenvalue weighted by molar-refractivity contribution is 7.19. The number of thiophene rings is 1. The number of anilines is 1. The molecule has 0 amide bonds. The Morgan fingerprint density at radius 1 is 1.43 bits per heavy atom. The van der Waals surface area contributed by atoms with Crippen LogP contribution in [0.4, 0.5) is 5.82 Å². The Morgan fingerprint density at radius 3 is 2.95 bits per heavy atom. The van der Waals surface area contributed by atoms with Crippen molar-refractivity contribution in [2.24, 2.45) is 5.92 Å². The molecule has 2 aromatic rings. The Hall–Kier alpha value is -1.69. The van der Waals surface area contributed by atoms with Crippen LogP contribution in [0.3, 0.4) is 0 Å². The fourth-order valence-corrected chi connectivity index (χ4v) is 4.12. The number of aryl methyl sites for hydroxylation is 2. The SMILES string of the molecule is CC(C)C[C@@H](Nc1ncnc2sc3c(c12)CCC3)C(=O)O. The van der Waals surface area contributed by atoms with Crippen molar-refractivity contribution >= 4 is 33.3 Å². The van der Waals surface area contributed by atoms with Crippen molar-refractivity contribution in [2.75, 3.05) is 5.32 Å². The molecule has 0 fully saturated rings. The highest BCUT2D eigenvalue weighted by Gasteiger charge is 2.24. The average Bonchev–Trinajstić information content (AvgIpc) is 2.97. The number of hydrogen-bond acceptors (Lipinski definition) is 5. The van der Waals surface area contributed by atoms with Crippen LogP contribution < -0.4 is 5.32 Å². The van der Waals surface area contributed by atoms with E-state index in [0.29, 0.717) is 18.2 Å². The predicted octanol–water partition coefficient (Wildman–Crippen LogP) is 3.09. The van der Waals surface area contributed by atoms with E-state index in [1.54, 1.807) is 11.3 Å². The number of carboxylic acid groups (broad SMARTS) is 1. The molecule has 0 saturated carbocycles. The minimum absolute atomic E-state index is 0.309. The molecule has 0 radical (unpaired) electrons. The van der Waals surface area contributed by atoms with Gasteiger partial charge in [0, 0.05) is 4.88 Å². The van der Waals surface area contributed by atoms with Gasteiger partial charge in [-0.05, 0) is 37.2 Å². The molecule has 2 N–H and O–H groups in total. The summed E-state index contributed by atoms with van der Waals surface area (Å²) >= 11 is 1.71. The van der Waals surface area contributed by atoms with Crippen molar-refractivity contribution in [1.82, 2.24) is 9.97 Å². The maximum atomic E-state index is 11.4. The van der Waals surface area contributed by atoms with Crippen LogP contribution in [0.25, 0.3) is 10.2 Å². The van der Waals surface area contributed by atoms with Gasteiger partial charge in [-0.25, -0.2) is 14.8 Å². The third-order valence-electron chi connectivity index (χ3n) is 3.82. The molecule has 0 unspecified atom stereocenters. The lowest BCUT2D eigenvalue weighted by Crippen LogP contribution is -2.31. The van der Waals surface area contributed by atoms with Crippen molar-refractivity contribution in [2.45, 2.75) is 45.6 Å². The van der Waals surface area contributed by atoms with Crippen LogP contribution in [0.5, 0.6) is 0 Å². The van der Waals surface area contributed by atoms with Crippen LogP contribution in [0.2, 0.25) is 0 Å². The van der Waals surface area contributed by atoms with Gasteiger partial charge in [0.25, 0.3) is 0 Å². The molecule has 3 rings (SSSR count). The van der Waals surface area contributed by atoms with E-state index in [-0.39, 0.29) is 0 Å². The van der Waals surface area contributed by atoms with Gasteiger partial charge in [0.15, 0.2) is 0 Å². The number of carboxylic acids is 1. The number of aromatic nitrogens is 2. The first-order valence-electron chi connectivity index (χ1n) is 7.31. The molecular weight excluding hydrogens is 286 g/mol. The van der Waals surface area contributed by atoms with Crippen molar-refractivity contribution in [1.29, 1.82) is 0 Å². The number of rotatable bonds is 5. The smallest absolute Gasteiger partial charge is 0.326 e. The number of aliphatic carboxylic acids is 1. The van der Waals surface area contributed by atoms with Crippen LogP contribution in [-0.2, 0) is 17.6 Å². The Balaban J connectivity index is 1.98. The Morgan fingerprint density at radius 2 is 2.24 bits per heavy atom. The van der Waals surface area contributed by atoms with E-state index in [1.807, 2.05) is 13.8 Å². The van der Waals surface area contributed by atoms with E-state index in [9.17, 15) is 9.90 Å². The summed E-state index contributed by atoms with van der Waals surface area (Å²) in [5.41, 5.74) is 1.31. The van der Waals surface area contributed by atoms with Gasteiger partial charge in [-0.1, -0.05) is 13.8 Å². The maximum Gasteiger partial charge on any atom is 0.326 e. The average molecular weight is 305 g/mol. The van der Waals surface area contributed by atoms with Gasteiger partial charge in [0.1, 0.15) is 23.0 Å². The second kappa shape index (κ2) is 5.60. The Kier molecular flexibility index (Phi) is 3.80. The molecule has 0 saturated heterocycles. The molecule has 0 aliphatic heterocycles. The zero-order chi connectivity index (χ0) is 15.0. The van der Waals surface area contributed by atoms with E-state index in [0.717, 1.165) is 23.1 Å². The first kappa shape index (κ1) is 14.3. The molecule has 0 bridgehead atoms. The first-order valence-corrected chi connectivity index (χ1v) is 8.12.